The van der Waals surface area contributed by atoms with E-state index >= 15 is 0 Å². The zero-order valence-corrected chi connectivity index (χ0v) is 7.77. The Bertz CT molecular complexity index is 321. The number of phenols is 2. The fourth-order valence-electron chi connectivity index (χ4n) is 1.11. The van der Waals surface area contributed by atoms with Crippen molar-refractivity contribution in [3.63, 3.8) is 0 Å². The summed E-state index contributed by atoms with van der Waals surface area (Å²) in [6, 6.07) is 2.87. The molecule has 0 amide bonds. The van der Waals surface area contributed by atoms with Crippen molar-refractivity contribution >= 4 is 6.08 Å². The molecule has 0 aliphatic rings. The van der Waals surface area contributed by atoms with Crippen LogP contribution in [0.4, 0.5) is 0 Å². The van der Waals surface area contributed by atoms with Gasteiger partial charge in [0.2, 0.25) is 5.75 Å². The van der Waals surface area contributed by atoms with Gasteiger partial charge >= 0.3 is 0 Å². The third-order valence-electron chi connectivity index (χ3n) is 1.69. The molecule has 14 heavy (non-hydrogen) atoms. The van der Waals surface area contributed by atoms with Crippen molar-refractivity contribution < 1.29 is 20.1 Å². The van der Waals surface area contributed by atoms with Crippen molar-refractivity contribution in [1.82, 2.24) is 0 Å². The molecule has 0 aliphatic carbocycles. The van der Waals surface area contributed by atoms with Crippen LogP contribution in [0, 0.1) is 0 Å². The number of hydrogen-bond donors (Lipinski definition) is 3. The van der Waals surface area contributed by atoms with Crippen molar-refractivity contribution in [2.45, 2.75) is 0 Å². The average Bonchev–Trinajstić information content (AvgIpc) is 2.14. The predicted octanol–water partition coefficient (Wildman–Crippen LogP) is 1.11. The molecule has 1 aromatic rings. The highest BCUT2D eigenvalue weighted by molar-refractivity contribution is 5.61. The molecular weight excluding hydrogens is 184 g/mol. The fraction of sp³-hybridized carbons (Fsp3) is 0.200. The van der Waals surface area contributed by atoms with Gasteiger partial charge in [0.1, 0.15) is 0 Å². The third kappa shape index (κ3) is 2.17. The van der Waals surface area contributed by atoms with Gasteiger partial charge in [-0.15, -0.1) is 0 Å². The molecule has 0 radical (unpaired) electrons. The molecule has 0 bridgehead atoms. The van der Waals surface area contributed by atoms with E-state index in [2.05, 4.69) is 0 Å². The van der Waals surface area contributed by atoms with Crippen LogP contribution in [-0.2, 0) is 0 Å². The molecule has 1 aromatic carbocycles. The van der Waals surface area contributed by atoms with Gasteiger partial charge in [0.15, 0.2) is 11.5 Å². The van der Waals surface area contributed by atoms with Gasteiger partial charge in [-0.2, -0.15) is 0 Å². The molecular formula is C10H12O4. The van der Waals surface area contributed by atoms with E-state index in [9.17, 15) is 10.2 Å². The van der Waals surface area contributed by atoms with Gasteiger partial charge < -0.3 is 20.1 Å². The number of hydrogen-bond acceptors (Lipinski definition) is 4. The maximum absolute atomic E-state index is 9.39. The van der Waals surface area contributed by atoms with Crippen LogP contribution in [0.2, 0.25) is 0 Å². The molecule has 0 saturated heterocycles. The summed E-state index contributed by atoms with van der Waals surface area (Å²) >= 11 is 0. The summed E-state index contributed by atoms with van der Waals surface area (Å²) in [4.78, 5) is 0. The standard InChI is InChI=1S/C10H12O4/c1-14-10-8(12)5-7(3-2-4-11)6-9(10)13/h2-3,5-6,11-13H,4H2,1H3/b3-2+. The topological polar surface area (TPSA) is 69.9 Å². The van der Waals surface area contributed by atoms with Gasteiger partial charge in [-0.05, 0) is 17.7 Å². The average molecular weight is 196 g/mol. The molecule has 0 unspecified atom stereocenters. The maximum atomic E-state index is 9.39. The van der Waals surface area contributed by atoms with Crippen LogP contribution in [0.5, 0.6) is 17.2 Å². The minimum atomic E-state index is -0.134. The lowest BCUT2D eigenvalue weighted by atomic mass is 10.1. The Labute approximate surface area is 81.7 Å². The Morgan fingerprint density at radius 3 is 2.29 bits per heavy atom. The number of benzene rings is 1. The first-order valence-electron chi connectivity index (χ1n) is 4.06. The van der Waals surface area contributed by atoms with E-state index < -0.39 is 0 Å². The lowest BCUT2D eigenvalue weighted by Crippen LogP contribution is -1.85. The first-order valence-corrected chi connectivity index (χ1v) is 4.06. The highest BCUT2D eigenvalue weighted by Gasteiger charge is 2.08. The molecule has 0 atom stereocenters. The number of aromatic hydroxyl groups is 2. The van der Waals surface area contributed by atoms with E-state index in [4.69, 9.17) is 9.84 Å². The first kappa shape index (κ1) is 10.4. The summed E-state index contributed by atoms with van der Waals surface area (Å²) in [5.74, 6) is -0.221. The van der Waals surface area contributed by atoms with Gasteiger partial charge in [-0.3, -0.25) is 0 Å². The van der Waals surface area contributed by atoms with Crippen molar-refractivity contribution in [2.24, 2.45) is 0 Å². The van der Waals surface area contributed by atoms with E-state index in [0.717, 1.165) is 0 Å². The first-order chi connectivity index (χ1) is 6.69. The van der Waals surface area contributed by atoms with Crippen molar-refractivity contribution in [2.75, 3.05) is 13.7 Å². The summed E-state index contributed by atoms with van der Waals surface area (Å²) < 4.78 is 4.76. The largest absolute Gasteiger partial charge is 0.504 e. The van der Waals surface area contributed by atoms with Crippen LogP contribution < -0.4 is 4.74 Å². The Kier molecular flexibility index (Phi) is 3.36. The second-order valence-corrected chi connectivity index (χ2v) is 2.68. The normalized spacial score (nSPS) is 10.7. The summed E-state index contributed by atoms with van der Waals surface area (Å²) in [6.45, 7) is -0.0897. The minimum Gasteiger partial charge on any atom is -0.504 e. The number of aliphatic hydroxyl groups is 1. The molecule has 4 nitrogen and oxygen atoms in total. The van der Waals surface area contributed by atoms with E-state index in [1.54, 1.807) is 6.08 Å². The van der Waals surface area contributed by atoms with Crippen LogP contribution in [-0.4, -0.2) is 29.0 Å². The summed E-state index contributed by atoms with van der Waals surface area (Å²) in [6.07, 6.45) is 3.08. The number of rotatable bonds is 3. The summed E-state index contributed by atoms with van der Waals surface area (Å²) in [5, 5.41) is 27.3. The molecule has 0 aromatic heterocycles. The van der Waals surface area contributed by atoms with Crippen molar-refractivity contribution in [3.05, 3.63) is 23.8 Å². The van der Waals surface area contributed by atoms with E-state index in [-0.39, 0.29) is 23.9 Å². The Balaban J connectivity index is 3.07. The van der Waals surface area contributed by atoms with Crippen LogP contribution in [0.15, 0.2) is 18.2 Å². The minimum absolute atomic E-state index is 0.0474. The van der Waals surface area contributed by atoms with Gasteiger partial charge in [0.25, 0.3) is 0 Å². The SMILES string of the molecule is COc1c(O)cc(/C=C/CO)cc1O. The molecule has 1 rings (SSSR count). The second kappa shape index (κ2) is 4.53. The second-order valence-electron chi connectivity index (χ2n) is 2.68. The van der Waals surface area contributed by atoms with Crippen LogP contribution in [0.3, 0.4) is 0 Å². The number of aliphatic hydroxyl groups excluding tert-OH is 1. The van der Waals surface area contributed by atoms with Crippen LogP contribution in [0.25, 0.3) is 6.08 Å². The molecule has 0 heterocycles. The zero-order valence-electron chi connectivity index (χ0n) is 7.77. The van der Waals surface area contributed by atoms with E-state index in [1.165, 1.54) is 25.3 Å². The zero-order chi connectivity index (χ0) is 10.6. The number of phenolic OH excluding ortho intramolecular Hbond substituents is 2. The Morgan fingerprint density at radius 2 is 1.86 bits per heavy atom. The summed E-state index contributed by atoms with van der Waals surface area (Å²) in [5.41, 5.74) is 0.592. The van der Waals surface area contributed by atoms with Gasteiger partial charge in [0.05, 0.1) is 13.7 Å². The van der Waals surface area contributed by atoms with Crippen molar-refractivity contribution in [3.8, 4) is 17.2 Å². The molecule has 0 aliphatic heterocycles. The molecule has 76 valence electrons. The lowest BCUT2D eigenvalue weighted by Gasteiger charge is -2.06. The molecule has 0 fully saturated rings. The van der Waals surface area contributed by atoms with Crippen LogP contribution >= 0.6 is 0 Å². The monoisotopic (exact) mass is 196 g/mol. The highest BCUT2D eigenvalue weighted by atomic mass is 16.5. The van der Waals surface area contributed by atoms with Gasteiger partial charge in [-0.1, -0.05) is 12.2 Å². The van der Waals surface area contributed by atoms with Gasteiger partial charge in [-0.25, -0.2) is 0 Å². The van der Waals surface area contributed by atoms with Gasteiger partial charge in [0, 0.05) is 0 Å². The highest BCUT2D eigenvalue weighted by Crippen LogP contribution is 2.36. The van der Waals surface area contributed by atoms with E-state index in [0.29, 0.717) is 5.56 Å². The Hall–Kier alpha value is -1.68. The van der Waals surface area contributed by atoms with E-state index in [1.807, 2.05) is 0 Å². The molecule has 4 heteroatoms. The fourth-order valence-corrected chi connectivity index (χ4v) is 1.11. The molecule has 0 spiro atoms. The number of ether oxygens (including phenoxy) is 1. The van der Waals surface area contributed by atoms with Crippen LogP contribution in [0.1, 0.15) is 5.56 Å². The smallest absolute Gasteiger partial charge is 0.202 e. The van der Waals surface area contributed by atoms with Crippen molar-refractivity contribution in [1.29, 1.82) is 0 Å². The number of methoxy groups -OCH3 is 1. The predicted molar refractivity (Wildman–Crippen MR) is 52.4 cm³/mol. The maximum Gasteiger partial charge on any atom is 0.202 e. The quantitative estimate of drug-likeness (QED) is 0.677. The third-order valence-corrected chi connectivity index (χ3v) is 1.69. The molecule has 3 N–H and O–H groups in total. The molecule has 0 saturated carbocycles. The summed E-state index contributed by atoms with van der Waals surface area (Å²) in [7, 11) is 1.36. The Morgan fingerprint density at radius 1 is 1.29 bits per heavy atom. The lowest BCUT2D eigenvalue weighted by molar-refractivity contribution is 0.343.